The molecule has 7 nitrogen and oxygen atoms in total. The van der Waals surface area contributed by atoms with Crippen molar-refractivity contribution in [3.8, 4) is 16.3 Å². The minimum Gasteiger partial charge on any atom is -0.506 e. The Hall–Kier alpha value is -3.05. The van der Waals surface area contributed by atoms with Crippen LogP contribution in [0.2, 0.25) is 0 Å². The first kappa shape index (κ1) is 18.7. The summed E-state index contributed by atoms with van der Waals surface area (Å²) in [7, 11) is -4.28. The van der Waals surface area contributed by atoms with Crippen molar-refractivity contribution in [1.82, 2.24) is 4.98 Å². The van der Waals surface area contributed by atoms with Crippen molar-refractivity contribution in [2.45, 2.75) is 5.03 Å². The molecule has 3 aromatic rings. The van der Waals surface area contributed by atoms with Crippen molar-refractivity contribution < 1.29 is 32.2 Å². The molecule has 1 heterocycles. The van der Waals surface area contributed by atoms with Crippen LogP contribution in [-0.2, 0) is 10.0 Å². The van der Waals surface area contributed by atoms with Crippen LogP contribution in [0, 0.1) is 11.6 Å². The van der Waals surface area contributed by atoms with E-state index >= 15 is 0 Å². The molecule has 27 heavy (non-hydrogen) atoms. The van der Waals surface area contributed by atoms with Crippen molar-refractivity contribution in [1.29, 1.82) is 0 Å². The predicted molar refractivity (Wildman–Crippen MR) is 93.3 cm³/mol. The van der Waals surface area contributed by atoms with Gasteiger partial charge in [-0.1, -0.05) is 0 Å². The molecular formula is C16H10F2N2O5S2. The molecule has 0 aliphatic heterocycles. The Morgan fingerprint density at radius 2 is 1.81 bits per heavy atom. The minimum absolute atomic E-state index is 0.312. The van der Waals surface area contributed by atoms with Crippen LogP contribution in [0.5, 0.6) is 5.75 Å². The number of carboxylic acid groups (broad SMARTS) is 1. The fourth-order valence-corrected chi connectivity index (χ4v) is 4.28. The summed E-state index contributed by atoms with van der Waals surface area (Å²) < 4.78 is 53.5. The normalized spacial score (nSPS) is 11.3. The number of nitrogens with zero attached hydrogens (tertiary/aromatic N) is 1. The molecule has 0 aliphatic carbocycles. The number of rotatable bonds is 5. The van der Waals surface area contributed by atoms with Crippen molar-refractivity contribution in [2.75, 3.05) is 4.72 Å². The smallest absolute Gasteiger partial charge is 0.338 e. The standard InChI is InChI=1S/C16H10F2N2O5S2/c17-9-3-1-8(2-4-9)15-19-14(7-26-15)27(24,25)20-12-6-11(18)10(16(22)23)5-13(12)21/h1-7,20-21H,(H,22,23). The van der Waals surface area contributed by atoms with Gasteiger partial charge in [0.05, 0.1) is 11.3 Å². The molecule has 0 aliphatic rings. The van der Waals surface area contributed by atoms with Gasteiger partial charge in [0, 0.05) is 17.0 Å². The quantitative estimate of drug-likeness (QED) is 0.554. The molecule has 0 saturated carbocycles. The third-order valence-electron chi connectivity index (χ3n) is 3.41. The SMILES string of the molecule is O=C(O)c1cc(O)c(NS(=O)(=O)c2csc(-c3ccc(F)cc3)n2)cc1F. The van der Waals surface area contributed by atoms with Crippen LogP contribution in [0.3, 0.4) is 0 Å². The number of benzene rings is 2. The summed E-state index contributed by atoms with van der Waals surface area (Å²) in [5, 5.41) is 19.7. The first-order chi connectivity index (χ1) is 12.7. The van der Waals surface area contributed by atoms with Gasteiger partial charge in [-0.2, -0.15) is 8.42 Å². The molecule has 3 N–H and O–H groups in total. The van der Waals surface area contributed by atoms with E-state index in [1.165, 1.54) is 29.6 Å². The van der Waals surface area contributed by atoms with Crippen molar-refractivity contribution >= 4 is 33.0 Å². The number of thiazole rings is 1. The lowest BCUT2D eigenvalue weighted by Gasteiger charge is -2.09. The zero-order chi connectivity index (χ0) is 19.8. The van der Waals surface area contributed by atoms with Crippen LogP contribution < -0.4 is 4.72 Å². The minimum atomic E-state index is -4.28. The van der Waals surface area contributed by atoms with Gasteiger partial charge in [0.15, 0.2) is 5.03 Å². The number of phenolic OH excluding ortho intramolecular Hbond substituents is 1. The van der Waals surface area contributed by atoms with E-state index in [0.717, 1.165) is 11.3 Å². The monoisotopic (exact) mass is 412 g/mol. The number of anilines is 1. The highest BCUT2D eigenvalue weighted by Crippen LogP contribution is 2.31. The zero-order valence-corrected chi connectivity index (χ0v) is 14.8. The number of aromatic carboxylic acids is 1. The molecular weight excluding hydrogens is 402 g/mol. The number of nitrogens with one attached hydrogen (secondary N) is 1. The van der Waals surface area contributed by atoms with Crippen molar-refractivity contribution in [3.63, 3.8) is 0 Å². The number of aromatic hydroxyl groups is 1. The average Bonchev–Trinajstić information content (AvgIpc) is 3.09. The molecule has 0 fully saturated rings. The molecule has 11 heteroatoms. The van der Waals surface area contributed by atoms with E-state index in [1.807, 2.05) is 4.72 Å². The number of sulfonamides is 1. The Morgan fingerprint density at radius 1 is 1.15 bits per heavy atom. The molecule has 0 saturated heterocycles. The zero-order valence-electron chi connectivity index (χ0n) is 13.2. The van der Waals surface area contributed by atoms with Gasteiger partial charge < -0.3 is 10.2 Å². The van der Waals surface area contributed by atoms with Gasteiger partial charge in [-0.15, -0.1) is 11.3 Å². The maximum atomic E-state index is 13.7. The van der Waals surface area contributed by atoms with E-state index in [1.54, 1.807) is 0 Å². The summed E-state index contributed by atoms with van der Waals surface area (Å²) in [4.78, 5) is 14.8. The number of carboxylic acids is 1. The second-order valence-corrected chi connectivity index (χ2v) is 7.75. The Balaban J connectivity index is 1.91. The lowest BCUT2D eigenvalue weighted by molar-refractivity contribution is 0.0691. The summed E-state index contributed by atoms with van der Waals surface area (Å²) in [5.74, 6) is -4.04. The second kappa shape index (κ2) is 6.93. The molecule has 2 aromatic carbocycles. The van der Waals surface area contributed by atoms with Crippen LogP contribution >= 0.6 is 11.3 Å². The summed E-state index contributed by atoms with van der Waals surface area (Å²) in [6.07, 6.45) is 0. The first-order valence-electron chi connectivity index (χ1n) is 7.17. The summed E-state index contributed by atoms with van der Waals surface area (Å²) >= 11 is 0.993. The molecule has 0 amide bonds. The lowest BCUT2D eigenvalue weighted by Crippen LogP contribution is -2.14. The Labute approximate surface area is 155 Å². The van der Waals surface area contributed by atoms with E-state index in [-0.39, 0.29) is 0 Å². The van der Waals surface area contributed by atoms with Gasteiger partial charge in [0.2, 0.25) is 0 Å². The van der Waals surface area contributed by atoms with Gasteiger partial charge in [0.1, 0.15) is 22.4 Å². The summed E-state index contributed by atoms with van der Waals surface area (Å²) in [6, 6.07) is 6.43. The fraction of sp³-hybridized carbons (Fsp3) is 0. The van der Waals surface area contributed by atoms with Crippen LogP contribution in [0.4, 0.5) is 14.5 Å². The molecule has 140 valence electrons. The van der Waals surface area contributed by atoms with E-state index in [4.69, 9.17) is 5.11 Å². The van der Waals surface area contributed by atoms with E-state index in [9.17, 15) is 27.1 Å². The fourth-order valence-electron chi connectivity index (χ4n) is 2.11. The average molecular weight is 412 g/mol. The topological polar surface area (TPSA) is 117 Å². The van der Waals surface area contributed by atoms with Crippen LogP contribution in [0.25, 0.3) is 10.6 Å². The highest BCUT2D eigenvalue weighted by molar-refractivity contribution is 7.92. The van der Waals surface area contributed by atoms with Crippen LogP contribution in [0.1, 0.15) is 10.4 Å². The number of carbonyl (C=O) groups is 1. The second-order valence-electron chi connectivity index (χ2n) is 5.26. The largest absolute Gasteiger partial charge is 0.506 e. The van der Waals surface area contributed by atoms with E-state index < -0.39 is 49.7 Å². The molecule has 0 atom stereocenters. The van der Waals surface area contributed by atoms with E-state index in [2.05, 4.69) is 4.98 Å². The van der Waals surface area contributed by atoms with Gasteiger partial charge in [-0.25, -0.2) is 18.6 Å². The Morgan fingerprint density at radius 3 is 2.44 bits per heavy atom. The number of halogens is 2. The first-order valence-corrected chi connectivity index (χ1v) is 9.54. The molecule has 0 bridgehead atoms. The highest BCUT2D eigenvalue weighted by atomic mass is 32.2. The number of hydrogen-bond donors (Lipinski definition) is 3. The van der Waals surface area contributed by atoms with E-state index in [0.29, 0.717) is 22.7 Å². The van der Waals surface area contributed by atoms with Crippen LogP contribution in [-0.4, -0.2) is 29.6 Å². The van der Waals surface area contributed by atoms with Crippen molar-refractivity contribution in [3.05, 3.63) is 59.0 Å². The Bertz CT molecular complexity index is 1130. The van der Waals surface area contributed by atoms with Crippen LogP contribution in [0.15, 0.2) is 46.8 Å². The Kier molecular flexibility index (Phi) is 4.81. The lowest BCUT2D eigenvalue weighted by atomic mass is 10.2. The molecule has 0 spiro atoms. The third kappa shape index (κ3) is 3.88. The summed E-state index contributed by atoms with van der Waals surface area (Å²) in [5.41, 5.74) is -0.834. The van der Waals surface area contributed by atoms with Gasteiger partial charge in [-0.05, 0) is 30.3 Å². The number of aromatic nitrogens is 1. The third-order valence-corrected chi connectivity index (χ3v) is 5.70. The molecule has 0 unspecified atom stereocenters. The van der Waals surface area contributed by atoms with Crippen molar-refractivity contribution in [2.24, 2.45) is 0 Å². The molecule has 3 rings (SSSR count). The number of phenols is 1. The maximum absolute atomic E-state index is 13.7. The van der Waals surface area contributed by atoms with Gasteiger partial charge >= 0.3 is 5.97 Å². The van der Waals surface area contributed by atoms with Gasteiger partial charge in [-0.3, -0.25) is 4.72 Å². The number of hydrogen-bond acceptors (Lipinski definition) is 6. The molecule has 0 radical (unpaired) electrons. The highest BCUT2D eigenvalue weighted by Gasteiger charge is 2.22. The maximum Gasteiger partial charge on any atom is 0.338 e. The molecule has 1 aromatic heterocycles. The predicted octanol–water partition coefficient (Wildman–Crippen LogP) is 3.29. The summed E-state index contributed by atoms with van der Waals surface area (Å²) in [6.45, 7) is 0. The van der Waals surface area contributed by atoms with Gasteiger partial charge in [0.25, 0.3) is 10.0 Å².